The van der Waals surface area contributed by atoms with Crippen LogP contribution in [0.3, 0.4) is 0 Å². The van der Waals surface area contributed by atoms with Crippen molar-refractivity contribution in [3.05, 3.63) is 24.0 Å². The molecule has 2 rings (SSSR count). The van der Waals surface area contributed by atoms with E-state index in [1.807, 2.05) is 12.4 Å². The lowest BCUT2D eigenvalue weighted by Crippen LogP contribution is -2.53. The third kappa shape index (κ3) is 4.42. The first kappa shape index (κ1) is 16.2. The highest BCUT2D eigenvalue weighted by Crippen LogP contribution is 2.23. The SMILES string of the molecule is CC(C)NCc1cnccc1N1CCN(C(C)(C)C)CC1. The summed E-state index contributed by atoms with van der Waals surface area (Å²) in [5, 5.41) is 3.50. The smallest absolute Gasteiger partial charge is 0.0443 e. The van der Waals surface area contributed by atoms with Crippen LogP contribution in [0.25, 0.3) is 0 Å². The normalized spacial score (nSPS) is 17.5. The predicted molar refractivity (Wildman–Crippen MR) is 89.8 cm³/mol. The van der Waals surface area contributed by atoms with Crippen molar-refractivity contribution in [3.63, 3.8) is 0 Å². The Morgan fingerprint density at radius 1 is 1.19 bits per heavy atom. The highest BCUT2D eigenvalue weighted by molar-refractivity contribution is 5.52. The van der Waals surface area contributed by atoms with Gasteiger partial charge in [0, 0.05) is 67.9 Å². The quantitative estimate of drug-likeness (QED) is 0.923. The van der Waals surface area contributed by atoms with E-state index in [0.717, 1.165) is 32.7 Å². The van der Waals surface area contributed by atoms with Gasteiger partial charge in [-0.25, -0.2) is 0 Å². The second-order valence-corrected chi connectivity index (χ2v) is 7.18. The lowest BCUT2D eigenvalue weighted by molar-refractivity contribution is 0.128. The summed E-state index contributed by atoms with van der Waals surface area (Å²) in [5.74, 6) is 0. The predicted octanol–water partition coefficient (Wildman–Crippen LogP) is 2.50. The average molecular weight is 290 g/mol. The molecule has 0 aliphatic carbocycles. The van der Waals surface area contributed by atoms with E-state index >= 15 is 0 Å². The Kier molecular flexibility index (Phi) is 5.22. The van der Waals surface area contributed by atoms with E-state index in [2.05, 4.69) is 60.8 Å². The van der Waals surface area contributed by atoms with Gasteiger partial charge in [0.05, 0.1) is 0 Å². The molecule has 1 aliphatic rings. The number of pyridine rings is 1. The summed E-state index contributed by atoms with van der Waals surface area (Å²) >= 11 is 0. The van der Waals surface area contributed by atoms with Gasteiger partial charge in [-0.1, -0.05) is 13.8 Å². The number of rotatable bonds is 4. The maximum atomic E-state index is 4.30. The average Bonchev–Trinajstić information content (AvgIpc) is 2.44. The minimum absolute atomic E-state index is 0.270. The van der Waals surface area contributed by atoms with Crippen molar-refractivity contribution in [1.29, 1.82) is 0 Å². The molecule has 0 amide bonds. The zero-order valence-electron chi connectivity index (χ0n) is 14.2. The summed E-state index contributed by atoms with van der Waals surface area (Å²) in [6, 6.07) is 2.65. The Bertz CT molecular complexity index is 442. The Morgan fingerprint density at radius 3 is 2.43 bits per heavy atom. The number of aromatic nitrogens is 1. The monoisotopic (exact) mass is 290 g/mol. The molecule has 1 fully saturated rings. The van der Waals surface area contributed by atoms with Gasteiger partial charge in [0.1, 0.15) is 0 Å². The van der Waals surface area contributed by atoms with Crippen LogP contribution in [0.2, 0.25) is 0 Å². The van der Waals surface area contributed by atoms with Gasteiger partial charge >= 0.3 is 0 Å². The molecule has 4 heteroatoms. The highest BCUT2D eigenvalue weighted by Gasteiger charge is 2.26. The molecular formula is C17H30N4. The minimum atomic E-state index is 0.270. The zero-order valence-corrected chi connectivity index (χ0v) is 14.2. The van der Waals surface area contributed by atoms with Gasteiger partial charge in [-0.2, -0.15) is 0 Å². The summed E-state index contributed by atoms with van der Waals surface area (Å²) in [6.45, 7) is 16.6. The van der Waals surface area contributed by atoms with Crippen LogP contribution >= 0.6 is 0 Å². The lowest BCUT2D eigenvalue weighted by Gasteiger charge is -2.43. The Balaban J connectivity index is 2.03. The number of nitrogens with one attached hydrogen (secondary N) is 1. The molecule has 1 aromatic heterocycles. The molecule has 1 aromatic rings. The standard InChI is InChI=1S/C17H30N4/c1-14(2)19-13-15-12-18-7-6-16(15)20-8-10-21(11-9-20)17(3,4)5/h6-7,12,14,19H,8-11,13H2,1-5H3. The third-order valence-electron chi connectivity index (χ3n) is 4.15. The molecule has 0 saturated carbocycles. The van der Waals surface area contributed by atoms with Crippen LogP contribution in [-0.4, -0.2) is 47.6 Å². The second-order valence-electron chi connectivity index (χ2n) is 7.18. The maximum absolute atomic E-state index is 4.30. The maximum Gasteiger partial charge on any atom is 0.0443 e. The fourth-order valence-corrected chi connectivity index (χ4v) is 2.80. The van der Waals surface area contributed by atoms with E-state index in [9.17, 15) is 0 Å². The molecule has 2 heterocycles. The van der Waals surface area contributed by atoms with Crippen LogP contribution in [0.1, 0.15) is 40.2 Å². The van der Waals surface area contributed by atoms with Crippen LogP contribution in [0.15, 0.2) is 18.5 Å². The molecule has 0 radical (unpaired) electrons. The van der Waals surface area contributed by atoms with Crippen molar-refractivity contribution in [1.82, 2.24) is 15.2 Å². The number of anilines is 1. The summed E-state index contributed by atoms with van der Waals surface area (Å²) in [5.41, 5.74) is 2.91. The Morgan fingerprint density at radius 2 is 1.86 bits per heavy atom. The fourth-order valence-electron chi connectivity index (χ4n) is 2.80. The molecule has 0 atom stereocenters. The van der Waals surface area contributed by atoms with Crippen LogP contribution in [-0.2, 0) is 6.54 Å². The number of piperazine rings is 1. The van der Waals surface area contributed by atoms with Crippen molar-refractivity contribution in [2.45, 2.75) is 52.7 Å². The summed E-state index contributed by atoms with van der Waals surface area (Å²) in [6.07, 6.45) is 3.91. The molecule has 0 aromatic carbocycles. The third-order valence-corrected chi connectivity index (χ3v) is 4.15. The topological polar surface area (TPSA) is 31.4 Å². The van der Waals surface area contributed by atoms with Crippen molar-refractivity contribution in [2.24, 2.45) is 0 Å². The van der Waals surface area contributed by atoms with Crippen LogP contribution in [0.5, 0.6) is 0 Å². The van der Waals surface area contributed by atoms with E-state index < -0.39 is 0 Å². The van der Waals surface area contributed by atoms with Gasteiger partial charge in [-0.05, 0) is 26.8 Å². The minimum Gasteiger partial charge on any atom is -0.369 e. The molecule has 0 spiro atoms. The lowest BCUT2D eigenvalue weighted by atomic mass is 10.0. The van der Waals surface area contributed by atoms with Crippen molar-refractivity contribution in [3.8, 4) is 0 Å². The van der Waals surface area contributed by atoms with Crippen LogP contribution in [0, 0.1) is 0 Å². The molecular weight excluding hydrogens is 260 g/mol. The molecule has 1 N–H and O–H groups in total. The fraction of sp³-hybridized carbons (Fsp3) is 0.706. The van der Waals surface area contributed by atoms with Crippen LogP contribution in [0.4, 0.5) is 5.69 Å². The molecule has 1 aliphatic heterocycles. The van der Waals surface area contributed by atoms with Gasteiger partial charge in [0.15, 0.2) is 0 Å². The summed E-state index contributed by atoms with van der Waals surface area (Å²) in [7, 11) is 0. The molecule has 4 nitrogen and oxygen atoms in total. The van der Waals surface area contributed by atoms with E-state index in [1.54, 1.807) is 0 Å². The molecule has 21 heavy (non-hydrogen) atoms. The molecule has 0 bridgehead atoms. The van der Waals surface area contributed by atoms with E-state index in [0.29, 0.717) is 6.04 Å². The van der Waals surface area contributed by atoms with E-state index in [-0.39, 0.29) is 5.54 Å². The Labute approximate surface area is 129 Å². The van der Waals surface area contributed by atoms with Crippen molar-refractivity contribution < 1.29 is 0 Å². The summed E-state index contributed by atoms with van der Waals surface area (Å²) < 4.78 is 0. The van der Waals surface area contributed by atoms with E-state index in [1.165, 1.54) is 11.3 Å². The molecule has 0 unspecified atom stereocenters. The van der Waals surface area contributed by atoms with Gasteiger partial charge in [0.2, 0.25) is 0 Å². The second kappa shape index (κ2) is 6.75. The summed E-state index contributed by atoms with van der Waals surface area (Å²) in [4.78, 5) is 9.36. The number of hydrogen-bond donors (Lipinski definition) is 1. The largest absolute Gasteiger partial charge is 0.369 e. The number of hydrogen-bond acceptors (Lipinski definition) is 4. The molecule has 1 saturated heterocycles. The first-order chi connectivity index (χ1) is 9.88. The Hall–Kier alpha value is -1.13. The zero-order chi connectivity index (χ0) is 15.5. The van der Waals surface area contributed by atoms with Gasteiger partial charge in [0.25, 0.3) is 0 Å². The van der Waals surface area contributed by atoms with Gasteiger partial charge in [-0.15, -0.1) is 0 Å². The van der Waals surface area contributed by atoms with E-state index in [4.69, 9.17) is 0 Å². The van der Waals surface area contributed by atoms with Gasteiger partial charge in [-0.3, -0.25) is 9.88 Å². The van der Waals surface area contributed by atoms with Crippen LogP contribution < -0.4 is 10.2 Å². The van der Waals surface area contributed by atoms with Crippen molar-refractivity contribution >= 4 is 5.69 Å². The van der Waals surface area contributed by atoms with Gasteiger partial charge < -0.3 is 10.2 Å². The highest BCUT2D eigenvalue weighted by atomic mass is 15.3. The first-order valence-corrected chi connectivity index (χ1v) is 8.04. The number of nitrogens with zero attached hydrogens (tertiary/aromatic N) is 3. The first-order valence-electron chi connectivity index (χ1n) is 8.04. The van der Waals surface area contributed by atoms with Crippen molar-refractivity contribution in [2.75, 3.05) is 31.1 Å². The molecule has 118 valence electrons.